The molecule has 8 nitrogen and oxygen atoms in total. The zero-order valence-corrected chi connectivity index (χ0v) is 19.9. The Balaban J connectivity index is 1.67. The number of hydrogen-bond acceptors (Lipinski definition) is 7. The summed E-state index contributed by atoms with van der Waals surface area (Å²) in [5, 5.41) is 3.12. The lowest BCUT2D eigenvalue weighted by molar-refractivity contribution is -0.115. The van der Waals surface area contributed by atoms with Crippen molar-refractivity contribution in [1.29, 1.82) is 0 Å². The molecule has 31 heavy (non-hydrogen) atoms. The number of nitrogens with zero attached hydrogens (tertiary/aromatic N) is 2. The number of amides is 2. The molecule has 0 atom stereocenters. The van der Waals surface area contributed by atoms with Gasteiger partial charge < -0.3 is 5.73 Å². The Bertz CT molecular complexity index is 1040. The number of thioether (sulfide) groups is 1. The molecule has 168 valence electrons. The van der Waals surface area contributed by atoms with E-state index < -0.39 is 15.9 Å². The average Bonchev–Trinajstić information content (AvgIpc) is 3.11. The molecule has 0 bridgehead atoms. The summed E-state index contributed by atoms with van der Waals surface area (Å²) < 4.78 is 28.1. The third-order valence-corrected chi connectivity index (χ3v) is 9.58. The van der Waals surface area contributed by atoms with E-state index in [4.69, 9.17) is 5.73 Å². The first kappa shape index (κ1) is 23.7. The van der Waals surface area contributed by atoms with Crippen molar-refractivity contribution in [3.05, 3.63) is 35.5 Å². The molecule has 1 aromatic heterocycles. The molecule has 3 rings (SSSR count). The normalized spacial score (nSPS) is 15.2. The molecule has 0 aliphatic heterocycles. The van der Waals surface area contributed by atoms with E-state index in [2.05, 4.69) is 10.3 Å². The third kappa shape index (κ3) is 5.85. The van der Waals surface area contributed by atoms with E-state index in [1.807, 2.05) is 0 Å². The molecule has 1 heterocycles. The topological polar surface area (TPSA) is 122 Å². The quantitative estimate of drug-likeness (QED) is 0.557. The second kappa shape index (κ2) is 10.1. The Hall–Kier alpha value is -1.95. The van der Waals surface area contributed by atoms with Crippen LogP contribution in [0.2, 0.25) is 0 Å². The molecular formula is C20H26N4O4S3. The summed E-state index contributed by atoms with van der Waals surface area (Å²) in [7, 11) is -1.98. The fraction of sp³-hybridized carbons (Fsp3) is 0.450. The van der Waals surface area contributed by atoms with Crippen molar-refractivity contribution in [2.24, 2.45) is 5.73 Å². The number of benzene rings is 1. The van der Waals surface area contributed by atoms with E-state index in [0.29, 0.717) is 16.4 Å². The number of aromatic nitrogens is 1. The van der Waals surface area contributed by atoms with Crippen molar-refractivity contribution in [3.63, 3.8) is 0 Å². The Labute approximate surface area is 190 Å². The Kier molecular flexibility index (Phi) is 7.73. The lowest BCUT2D eigenvalue weighted by atomic mass is 9.96. The van der Waals surface area contributed by atoms with E-state index in [1.165, 1.54) is 51.7 Å². The van der Waals surface area contributed by atoms with Gasteiger partial charge in [-0.15, -0.1) is 11.8 Å². The van der Waals surface area contributed by atoms with Crippen molar-refractivity contribution in [1.82, 2.24) is 9.29 Å². The highest BCUT2D eigenvalue weighted by Crippen LogP contribution is 2.32. The number of rotatable bonds is 8. The van der Waals surface area contributed by atoms with Crippen LogP contribution in [0.15, 0.2) is 33.4 Å². The minimum atomic E-state index is -3.60. The van der Waals surface area contributed by atoms with Crippen LogP contribution >= 0.6 is 23.1 Å². The minimum Gasteiger partial charge on any atom is -0.369 e. The number of primary amides is 1. The Morgan fingerprint density at radius 1 is 1.23 bits per heavy atom. The summed E-state index contributed by atoms with van der Waals surface area (Å²) in [6.45, 7) is 1.79. The van der Waals surface area contributed by atoms with Crippen LogP contribution in [0.1, 0.15) is 48.2 Å². The van der Waals surface area contributed by atoms with Gasteiger partial charge >= 0.3 is 0 Å². The van der Waals surface area contributed by atoms with Crippen molar-refractivity contribution in [3.8, 4) is 0 Å². The smallest absolute Gasteiger partial charge is 0.257 e. The van der Waals surface area contributed by atoms with Crippen LogP contribution in [0, 0.1) is 6.92 Å². The molecule has 1 saturated carbocycles. The highest BCUT2D eigenvalue weighted by atomic mass is 32.2. The number of thiazole rings is 1. The zero-order valence-electron chi connectivity index (χ0n) is 17.5. The second-order valence-electron chi connectivity index (χ2n) is 7.44. The van der Waals surface area contributed by atoms with E-state index in [1.54, 1.807) is 14.0 Å². The first-order valence-electron chi connectivity index (χ1n) is 9.96. The number of carbonyl (C=O) groups is 2. The number of nitrogens with two attached hydrogens (primary N) is 1. The molecular weight excluding hydrogens is 456 g/mol. The largest absolute Gasteiger partial charge is 0.369 e. The molecule has 0 spiro atoms. The van der Waals surface area contributed by atoms with Crippen LogP contribution in [0.25, 0.3) is 0 Å². The number of anilines is 1. The van der Waals surface area contributed by atoms with Gasteiger partial charge in [0.25, 0.3) is 5.91 Å². The summed E-state index contributed by atoms with van der Waals surface area (Å²) in [4.78, 5) is 28.0. The summed E-state index contributed by atoms with van der Waals surface area (Å²) in [6.07, 6.45) is 5.00. The summed E-state index contributed by atoms with van der Waals surface area (Å²) in [5.41, 5.74) is 6.21. The van der Waals surface area contributed by atoms with Crippen molar-refractivity contribution < 1.29 is 18.0 Å². The standard InChI is InChI=1S/C20H26N4O4S3/c1-13-19(29-12-17(21)25)30-20(22-13)23-18(26)14-8-10-16(11-9-14)31(27,28)24(2)15-6-4-3-5-7-15/h8-11,15H,3-7,12H2,1-2H3,(H2,21,25)(H,22,23,26). The van der Waals surface area contributed by atoms with E-state index in [-0.39, 0.29) is 22.6 Å². The lowest BCUT2D eigenvalue weighted by Crippen LogP contribution is -2.38. The molecule has 0 radical (unpaired) electrons. The summed E-state index contributed by atoms with van der Waals surface area (Å²) >= 11 is 2.54. The zero-order chi connectivity index (χ0) is 22.6. The monoisotopic (exact) mass is 482 g/mol. The van der Waals surface area contributed by atoms with Gasteiger partial charge in [-0.2, -0.15) is 4.31 Å². The number of sulfonamides is 1. The molecule has 1 aromatic carbocycles. The van der Waals surface area contributed by atoms with Crippen molar-refractivity contribution in [2.45, 2.75) is 54.2 Å². The summed E-state index contributed by atoms with van der Waals surface area (Å²) in [6, 6.07) is 5.95. The molecule has 1 fully saturated rings. The fourth-order valence-corrected chi connectivity index (χ4v) is 6.75. The number of aryl methyl sites for hydroxylation is 1. The van der Waals surface area contributed by atoms with Crippen molar-refractivity contribution >= 4 is 50.1 Å². The minimum absolute atomic E-state index is 0.0245. The second-order valence-corrected chi connectivity index (χ2v) is 11.7. The number of nitrogens with one attached hydrogen (secondary N) is 1. The maximum Gasteiger partial charge on any atom is 0.257 e. The first-order chi connectivity index (χ1) is 14.7. The number of carbonyl (C=O) groups excluding carboxylic acids is 2. The average molecular weight is 483 g/mol. The first-order valence-corrected chi connectivity index (χ1v) is 13.2. The predicted molar refractivity (Wildman–Crippen MR) is 123 cm³/mol. The van der Waals surface area contributed by atoms with Crippen LogP contribution in [-0.4, -0.2) is 48.4 Å². The van der Waals surface area contributed by atoms with Gasteiger partial charge in [0.2, 0.25) is 15.9 Å². The third-order valence-electron chi connectivity index (χ3n) is 5.20. The summed E-state index contributed by atoms with van der Waals surface area (Å²) in [5.74, 6) is -0.667. The molecule has 0 unspecified atom stereocenters. The Morgan fingerprint density at radius 2 is 1.87 bits per heavy atom. The van der Waals surface area contributed by atoms with E-state index in [0.717, 1.165) is 36.3 Å². The van der Waals surface area contributed by atoms with Crippen LogP contribution in [0.5, 0.6) is 0 Å². The lowest BCUT2D eigenvalue weighted by Gasteiger charge is -2.30. The van der Waals surface area contributed by atoms with Crippen LogP contribution in [0.4, 0.5) is 5.13 Å². The molecule has 3 N–H and O–H groups in total. The van der Waals surface area contributed by atoms with Gasteiger partial charge in [0, 0.05) is 18.7 Å². The molecule has 11 heteroatoms. The maximum atomic E-state index is 12.9. The SMILES string of the molecule is Cc1nc(NC(=O)c2ccc(S(=O)(=O)N(C)C3CCCCC3)cc2)sc1SCC(N)=O. The molecule has 1 aliphatic carbocycles. The highest BCUT2D eigenvalue weighted by molar-refractivity contribution is 8.01. The van der Waals surface area contributed by atoms with Gasteiger partial charge in [-0.05, 0) is 44.0 Å². The van der Waals surface area contributed by atoms with Gasteiger partial charge in [-0.1, -0.05) is 30.6 Å². The highest BCUT2D eigenvalue weighted by Gasteiger charge is 2.29. The maximum absolute atomic E-state index is 12.9. The van der Waals surface area contributed by atoms with Gasteiger partial charge in [0.05, 0.1) is 20.6 Å². The molecule has 2 amide bonds. The van der Waals surface area contributed by atoms with Crippen LogP contribution in [-0.2, 0) is 14.8 Å². The van der Waals surface area contributed by atoms with Crippen LogP contribution in [0.3, 0.4) is 0 Å². The molecule has 1 aliphatic rings. The van der Waals surface area contributed by atoms with E-state index in [9.17, 15) is 18.0 Å². The van der Waals surface area contributed by atoms with E-state index >= 15 is 0 Å². The van der Waals surface area contributed by atoms with Gasteiger partial charge in [0.1, 0.15) is 0 Å². The number of hydrogen-bond donors (Lipinski definition) is 2. The predicted octanol–water partition coefficient (Wildman–Crippen LogP) is 3.23. The van der Waals surface area contributed by atoms with Gasteiger partial charge in [0.15, 0.2) is 5.13 Å². The molecule has 0 saturated heterocycles. The van der Waals surface area contributed by atoms with Gasteiger partial charge in [-0.3, -0.25) is 14.9 Å². The Morgan fingerprint density at radius 3 is 2.48 bits per heavy atom. The fourth-order valence-electron chi connectivity index (χ4n) is 3.46. The molecule has 2 aromatic rings. The van der Waals surface area contributed by atoms with Crippen LogP contribution < -0.4 is 11.1 Å². The van der Waals surface area contributed by atoms with Gasteiger partial charge in [-0.25, -0.2) is 13.4 Å². The van der Waals surface area contributed by atoms with Crippen molar-refractivity contribution in [2.75, 3.05) is 18.1 Å².